The summed E-state index contributed by atoms with van der Waals surface area (Å²) in [4.78, 5) is 30.9. The summed E-state index contributed by atoms with van der Waals surface area (Å²) in [6.45, 7) is 5.04. The molecule has 10 nitrogen and oxygen atoms in total. The van der Waals surface area contributed by atoms with Gasteiger partial charge in [0.2, 0.25) is 5.60 Å². The molecule has 0 radical (unpaired) electrons. The number of ether oxygens (including phenoxy) is 6. The van der Waals surface area contributed by atoms with Gasteiger partial charge >= 0.3 is 11.9 Å². The third-order valence-corrected chi connectivity index (χ3v) is 3.39. The first-order valence-electron chi connectivity index (χ1n) is 8.04. The number of aliphatic hydroxyl groups excluding tert-OH is 1. The molecule has 2 saturated heterocycles. The molecule has 2 rings (SSSR count). The molecule has 0 saturated carbocycles. The Morgan fingerprint density at radius 2 is 1.77 bits per heavy atom. The van der Waals surface area contributed by atoms with E-state index >= 15 is 0 Å². The summed E-state index contributed by atoms with van der Waals surface area (Å²) < 4.78 is 29.3. The fourth-order valence-corrected chi connectivity index (χ4v) is 2.01. The Kier molecular flexibility index (Phi) is 12.8. The molecule has 0 aromatic rings. The predicted octanol–water partition coefficient (Wildman–Crippen LogP) is -0.894. The van der Waals surface area contributed by atoms with Gasteiger partial charge in [0.1, 0.15) is 6.29 Å². The van der Waals surface area contributed by atoms with Crippen molar-refractivity contribution in [1.82, 2.24) is 0 Å². The number of carbonyl (C=O) groups excluding carboxylic acids is 3. The average molecular weight is 380 g/mol. The fourth-order valence-electron chi connectivity index (χ4n) is 2.01. The zero-order valence-electron chi connectivity index (χ0n) is 15.6. The molecule has 0 bridgehead atoms. The highest BCUT2D eigenvalue weighted by molar-refractivity contribution is 5.80. The van der Waals surface area contributed by atoms with Crippen LogP contribution in [-0.2, 0) is 42.8 Å². The van der Waals surface area contributed by atoms with Crippen LogP contribution in [0, 0.1) is 0 Å². The number of aldehydes is 1. The normalized spacial score (nSPS) is 26.0. The molecule has 2 heterocycles. The molecule has 152 valence electrons. The molecule has 0 amide bonds. The molecule has 0 aliphatic carbocycles. The molecule has 2 aliphatic heterocycles. The number of methoxy groups -OCH3 is 2. The van der Waals surface area contributed by atoms with E-state index in [4.69, 9.17) is 23.7 Å². The van der Waals surface area contributed by atoms with Crippen LogP contribution in [0.2, 0.25) is 0 Å². The van der Waals surface area contributed by atoms with Gasteiger partial charge in [-0.15, -0.1) is 0 Å². The van der Waals surface area contributed by atoms with Gasteiger partial charge in [-0.2, -0.15) is 0 Å². The lowest BCUT2D eigenvalue weighted by Crippen LogP contribution is -2.57. The van der Waals surface area contributed by atoms with Crippen molar-refractivity contribution in [3.05, 3.63) is 0 Å². The topological polar surface area (TPSA) is 127 Å². The molecule has 3 unspecified atom stereocenters. The van der Waals surface area contributed by atoms with E-state index in [0.29, 0.717) is 33.0 Å². The van der Waals surface area contributed by atoms with E-state index in [-0.39, 0.29) is 12.6 Å². The Labute approximate surface area is 152 Å². The minimum Gasteiger partial charge on any atom is -0.467 e. The van der Waals surface area contributed by atoms with Crippen LogP contribution in [0.1, 0.15) is 13.8 Å². The molecule has 0 aromatic carbocycles. The lowest BCUT2D eigenvalue weighted by molar-refractivity contribution is -0.218. The second kappa shape index (κ2) is 13.6. The van der Waals surface area contributed by atoms with Crippen LogP contribution in [0.4, 0.5) is 0 Å². The minimum absolute atomic E-state index is 0.0390. The number of hydrogen-bond donors (Lipinski definition) is 1. The number of hydrogen-bond acceptors (Lipinski definition) is 10. The third-order valence-electron chi connectivity index (χ3n) is 3.39. The van der Waals surface area contributed by atoms with Crippen LogP contribution in [0.15, 0.2) is 0 Å². The standard InChI is InChI=1S/C8H14O5.C6H10O4.C2H4O/c1-6(9)8(7(10)11-2)5-12-3-4-13-8;1-8-6(7)5-4-9-2-3-10-5;1-2-3/h6,9H,3-5H2,1-2H3;5H,2-4H2,1H3;2H,1H3. The predicted molar refractivity (Wildman–Crippen MR) is 87.5 cm³/mol. The lowest BCUT2D eigenvalue weighted by atomic mass is 9.98. The van der Waals surface area contributed by atoms with Crippen LogP contribution in [0.3, 0.4) is 0 Å². The van der Waals surface area contributed by atoms with Crippen LogP contribution < -0.4 is 0 Å². The number of aliphatic hydroxyl groups is 1. The summed E-state index contributed by atoms with van der Waals surface area (Å²) in [5, 5.41) is 9.42. The molecule has 1 N–H and O–H groups in total. The minimum atomic E-state index is -1.34. The van der Waals surface area contributed by atoms with Crippen molar-refractivity contribution in [3.63, 3.8) is 0 Å². The Balaban J connectivity index is 0.000000428. The van der Waals surface area contributed by atoms with E-state index < -0.39 is 23.8 Å². The molecule has 26 heavy (non-hydrogen) atoms. The maximum Gasteiger partial charge on any atom is 0.343 e. The highest BCUT2D eigenvalue weighted by Gasteiger charge is 2.47. The molecule has 10 heteroatoms. The van der Waals surface area contributed by atoms with Gasteiger partial charge in [0, 0.05) is 0 Å². The van der Waals surface area contributed by atoms with Crippen LogP contribution in [0.5, 0.6) is 0 Å². The van der Waals surface area contributed by atoms with E-state index in [1.54, 1.807) is 0 Å². The first-order valence-corrected chi connectivity index (χ1v) is 8.04. The van der Waals surface area contributed by atoms with Gasteiger partial charge < -0.3 is 38.3 Å². The number of esters is 2. The summed E-state index contributed by atoms with van der Waals surface area (Å²) in [6, 6.07) is 0. The van der Waals surface area contributed by atoms with Crippen molar-refractivity contribution in [3.8, 4) is 0 Å². The van der Waals surface area contributed by atoms with Gasteiger partial charge in [0.05, 0.1) is 60.0 Å². The number of rotatable bonds is 3. The zero-order chi connectivity index (χ0) is 20.0. The van der Waals surface area contributed by atoms with Gasteiger partial charge in [0.15, 0.2) is 6.10 Å². The average Bonchev–Trinajstić information content (AvgIpc) is 2.68. The summed E-state index contributed by atoms with van der Waals surface area (Å²) in [5.74, 6) is -0.957. The molecule has 2 fully saturated rings. The summed E-state index contributed by atoms with van der Waals surface area (Å²) >= 11 is 0. The van der Waals surface area contributed by atoms with E-state index in [0.717, 1.165) is 6.29 Å². The maximum atomic E-state index is 11.3. The first kappa shape index (κ1) is 24.4. The van der Waals surface area contributed by atoms with Crippen molar-refractivity contribution in [2.75, 3.05) is 53.9 Å². The molecule has 0 aromatic heterocycles. The van der Waals surface area contributed by atoms with Crippen molar-refractivity contribution in [1.29, 1.82) is 0 Å². The molecule has 3 atom stereocenters. The Morgan fingerprint density at radius 3 is 2.15 bits per heavy atom. The van der Waals surface area contributed by atoms with Crippen LogP contribution >= 0.6 is 0 Å². The maximum absolute atomic E-state index is 11.3. The smallest absolute Gasteiger partial charge is 0.343 e. The quantitative estimate of drug-likeness (QED) is 0.486. The van der Waals surface area contributed by atoms with Crippen LogP contribution in [-0.4, -0.2) is 95.0 Å². The number of carbonyl (C=O) groups is 3. The first-order chi connectivity index (χ1) is 12.4. The van der Waals surface area contributed by atoms with Gasteiger partial charge in [-0.3, -0.25) is 0 Å². The SMILES string of the molecule is CC=O.COC(=O)C1(C(C)O)COCCO1.COC(=O)C1COCCO1. The van der Waals surface area contributed by atoms with E-state index in [1.807, 2.05) is 0 Å². The van der Waals surface area contributed by atoms with Crippen LogP contribution in [0.25, 0.3) is 0 Å². The van der Waals surface area contributed by atoms with Crippen molar-refractivity contribution >= 4 is 18.2 Å². The van der Waals surface area contributed by atoms with E-state index in [2.05, 4.69) is 9.47 Å². The Hall–Kier alpha value is -1.59. The molecule has 2 aliphatic rings. The molecular formula is C16H28O10. The highest BCUT2D eigenvalue weighted by atomic mass is 16.6. The monoisotopic (exact) mass is 380 g/mol. The van der Waals surface area contributed by atoms with Gasteiger partial charge in [-0.1, -0.05) is 0 Å². The Morgan fingerprint density at radius 1 is 1.15 bits per heavy atom. The second-order valence-electron chi connectivity index (χ2n) is 5.15. The summed E-state index contributed by atoms with van der Waals surface area (Å²) in [7, 11) is 2.59. The van der Waals surface area contributed by atoms with E-state index in [9.17, 15) is 14.7 Å². The second-order valence-corrected chi connectivity index (χ2v) is 5.15. The zero-order valence-corrected chi connectivity index (χ0v) is 15.6. The lowest BCUT2D eigenvalue weighted by Gasteiger charge is -2.36. The summed E-state index contributed by atoms with van der Waals surface area (Å²) in [5.41, 5.74) is -1.34. The largest absolute Gasteiger partial charge is 0.467 e. The van der Waals surface area contributed by atoms with Crippen molar-refractivity contribution < 1.29 is 47.9 Å². The van der Waals surface area contributed by atoms with Gasteiger partial charge in [0.25, 0.3) is 0 Å². The van der Waals surface area contributed by atoms with Crippen molar-refractivity contribution in [2.24, 2.45) is 0 Å². The highest BCUT2D eigenvalue weighted by Crippen LogP contribution is 2.22. The third kappa shape index (κ3) is 7.75. The fraction of sp³-hybridized carbons (Fsp3) is 0.812. The molecule has 0 spiro atoms. The van der Waals surface area contributed by atoms with E-state index in [1.165, 1.54) is 28.1 Å². The Bertz CT molecular complexity index is 411. The molecular weight excluding hydrogens is 352 g/mol. The van der Waals surface area contributed by atoms with Gasteiger partial charge in [-0.05, 0) is 13.8 Å². The van der Waals surface area contributed by atoms with Crippen molar-refractivity contribution in [2.45, 2.75) is 31.7 Å². The summed E-state index contributed by atoms with van der Waals surface area (Å²) in [6.07, 6.45) is -0.709. The van der Waals surface area contributed by atoms with Gasteiger partial charge in [-0.25, -0.2) is 9.59 Å².